The zero-order valence-electron chi connectivity index (χ0n) is 10.1. The Hall–Kier alpha value is 0.797. The van der Waals surface area contributed by atoms with Crippen LogP contribution in [0.25, 0.3) is 0 Å². The van der Waals surface area contributed by atoms with E-state index in [1.54, 1.807) is 21.3 Å². The van der Waals surface area contributed by atoms with Crippen molar-refractivity contribution < 1.29 is 13.3 Å². The predicted molar refractivity (Wildman–Crippen MR) is 71.4 cm³/mol. The first-order chi connectivity index (χ1) is 7.24. The Kier molecular flexibility index (Phi) is 10.5. The molecule has 0 aliphatic heterocycles. The zero-order valence-corrected chi connectivity index (χ0v) is 12.7. The third kappa shape index (κ3) is 6.86. The van der Waals surface area contributed by atoms with Crippen LogP contribution in [-0.4, -0.2) is 41.6 Å². The fourth-order valence-corrected chi connectivity index (χ4v) is 5.31. The first-order valence-electron chi connectivity index (χ1n) is 5.14. The highest BCUT2D eigenvalue weighted by Crippen LogP contribution is 2.25. The normalized spacial score (nSPS) is 12.0. The van der Waals surface area contributed by atoms with Crippen molar-refractivity contribution in [3.63, 3.8) is 0 Å². The molecule has 0 aromatic rings. The first kappa shape index (κ1) is 15.8. The summed E-state index contributed by atoms with van der Waals surface area (Å²) in [7, 11) is 6.54. The molecule has 0 aliphatic rings. The highest BCUT2D eigenvalue weighted by Gasteiger charge is 2.36. The summed E-state index contributed by atoms with van der Waals surface area (Å²) in [6.07, 6.45) is 2.33. The number of rotatable bonds is 10. The molecule has 92 valence electrons. The van der Waals surface area contributed by atoms with Crippen LogP contribution in [0.15, 0.2) is 0 Å². The Morgan fingerprint density at radius 3 is 1.93 bits per heavy atom. The zero-order chi connectivity index (χ0) is 11.6. The molecule has 0 bridgehead atoms. The first-order valence-corrected chi connectivity index (χ1v) is 9.56. The minimum Gasteiger partial charge on any atom is -0.377 e. The lowest BCUT2D eigenvalue weighted by Crippen LogP contribution is -2.42. The monoisotopic (exact) mass is 270 g/mol. The second kappa shape index (κ2) is 9.98. The van der Waals surface area contributed by atoms with Gasteiger partial charge in [0, 0.05) is 38.9 Å². The van der Waals surface area contributed by atoms with E-state index in [0.717, 1.165) is 18.2 Å². The highest BCUT2D eigenvalue weighted by molar-refractivity contribution is 8.76. The van der Waals surface area contributed by atoms with Crippen LogP contribution >= 0.6 is 21.6 Å². The third-order valence-electron chi connectivity index (χ3n) is 2.01. The van der Waals surface area contributed by atoms with Crippen molar-refractivity contribution in [1.82, 2.24) is 0 Å². The van der Waals surface area contributed by atoms with Gasteiger partial charge in [0.15, 0.2) is 0 Å². The highest BCUT2D eigenvalue weighted by atomic mass is 33.1. The van der Waals surface area contributed by atoms with Crippen molar-refractivity contribution in [3.05, 3.63) is 0 Å². The molecular weight excluding hydrogens is 248 g/mol. The van der Waals surface area contributed by atoms with E-state index in [0.29, 0.717) is 0 Å². The van der Waals surface area contributed by atoms with Crippen molar-refractivity contribution in [3.8, 4) is 0 Å². The van der Waals surface area contributed by atoms with Gasteiger partial charge in [-0.2, -0.15) is 0 Å². The molecule has 0 amide bonds. The van der Waals surface area contributed by atoms with Gasteiger partial charge < -0.3 is 13.3 Å². The van der Waals surface area contributed by atoms with Crippen LogP contribution < -0.4 is 0 Å². The number of hydrogen-bond acceptors (Lipinski definition) is 5. The second-order valence-corrected chi connectivity index (χ2v) is 8.84. The molecule has 0 rings (SSSR count). The molecule has 0 atom stereocenters. The average Bonchev–Trinajstić information content (AvgIpc) is 2.29. The average molecular weight is 270 g/mol. The van der Waals surface area contributed by atoms with E-state index in [1.807, 2.05) is 21.6 Å². The molecule has 0 spiro atoms. The Morgan fingerprint density at radius 1 is 0.933 bits per heavy atom. The molecule has 0 saturated carbocycles. The Labute approximate surface area is 102 Å². The molecule has 0 aliphatic carbocycles. The predicted octanol–water partition coefficient (Wildman–Crippen LogP) is 3.05. The van der Waals surface area contributed by atoms with Crippen molar-refractivity contribution in [2.45, 2.75) is 25.8 Å². The van der Waals surface area contributed by atoms with Crippen molar-refractivity contribution in [2.75, 3.05) is 32.8 Å². The van der Waals surface area contributed by atoms with Gasteiger partial charge in [-0.15, -0.1) is 0 Å². The second-order valence-electron chi connectivity index (χ2n) is 3.04. The van der Waals surface area contributed by atoms with Crippen LogP contribution in [0.5, 0.6) is 0 Å². The molecular formula is C9H22O3S2Si. The smallest absolute Gasteiger partial charge is 0.377 e. The van der Waals surface area contributed by atoms with E-state index >= 15 is 0 Å². The lowest BCUT2D eigenvalue weighted by Gasteiger charge is -2.23. The molecule has 15 heavy (non-hydrogen) atoms. The van der Waals surface area contributed by atoms with E-state index < -0.39 is 8.80 Å². The van der Waals surface area contributed by atoms with E-state index in [4.69, 9.17) is 13.3 Å². The SMILES string of the molecule is CCCSSCCC[Si](OC)(OC)OC. The largest absolute Gasteiger partial charge is 0.500 e. The Balaban J connectivity index is 3.54. The maximum atomic E-state index is 5.34. The molecule has 0 fully saturated rings. The summed E-state index contributed by atoms with van der Waals surface area (Å²) < 4.78 is 16.0. The molecule has 0 N–H and O–H groups in total. The summed E-state index contributed by atoms with van der Waals surface area (Å²) in [6, 6.07) is 0.899. The van der Waals surface area contributed by atoms with Crippen molar-refractivity contribution in [1.29, 1.82) is 0 Å². The van der Waals surface area contributed by atoms with E-state index in [1.165, 1.54) is 12.2 Å². The van der Waals surface area contributed by atoms with Gasteiger partial charge in [0.1, 0.15) is 0 Å². The quantitative estimate of drug-likeness (QED) is 0.345. The van der Waals surface area contributed by atoms with E-state index in [-0.39, 0.29) is 0 Å². The third-order valence-corrected chi connectivity index (χ3v) is 7.54. The summed E-state index contributed by atoms with van der Waals surface area (Å²) in [5.41, 5.74) is 0. The molecule has 0 radical (unpaired) electrons. The van der Waals surface area contributed by atoms with Gasteiger partial charge in [-0.05, 0) is 12.8 Å². The fraction of sp³-hybridized carbons (Fsp3) is 1.00. The van der Waals surface area contributed by atoms with E-state index in [2.05, 4.69) is 6.92 Å². The lowest BCUT2D eigenvalue weighted by atomic mass is 10.6. The van der Waals surface area contributed by atoms with Crippen LogP contribution in [0.1, 0.15) is 19.8 Å². The van der Waals surface area contributed by atoms with Gasteiger partial charge in [-0.25, -0.2) is 0 Å². The lowest BCUT2D eigenvalue weighted by molar-refractivity contribution is 0.123. The molecule has 0 aromatic carbocycles. The molecule has 0 heterocycles. The minimum atomic E-state index is -2.31. The van der Waals surface area contributed by atoms with Crippen molar-refractivity contribution in [2.24, 2.45) is 0 Å². The summed E-state index contributed by atoms with van der Waals surface area (Å²) in [6.45, 7) is 2.20. The van der Waals surface area contributed by atoms with E-state index in [9.17, 15) is 0 Å². The molecule has 6 heteroatoms. The van der Waals surface area contributed by atoms with Gasteiger partial charge in [-0.1, -0.05) is 28.5 Å². The molecule has 3 nitrogen and oxygen atoms in total. The number of hydrogen-bond donors (Lipinski definition) is 0. The topological polar surface area (TPSA) is 27.7 Å². The maximum Gasteiger partial charge on any atom is 0.500 e. The van der Waals surface area contributed by atoms with Crippen LogP contribution in [-0.2, 0) is 13.3 Å². The summed E-state index contributed by atoms with van der Waals surface area (Å²) in [5.74, 6) is 2.36. The van der Waals surface area contributed by atoms with Gasteiger partial charge in [-0.3, -0.25) is 0 Å². The maximum absolute atomic E-state index is 5.34. The molecule has 0 saturated heterocycles. The fourth-order valence-electron chi connectivity index (χ4n) is 1.10. The van der Waals surface area contributed by atoms with Gasteiger partial charge >= 0.3 is 8.80 Å². The van der Waals surface area contributed by atoms with Crippen LogP contribution in [0.4, 0.5) is 0 Å². The van der Waals surface area contributed by atoms with Gasteiger partial charge in [0.05, 0.1) is 0 Å². The van der Waals surface area contributed by atoms with Crippen LogP contribution in [0, 0.1) is 0 Å². The van der Waals surface area contributed by atoms with Gasteiger partial charge in [0.25, 0.3) is 0 Å². The Morgan fingerprint density at radius 2 is 1.47 bits per heavy atom. The minimum absolute atomic E-state index is 0.899. The standard InChI is InChI=1S/C9H22O3S2Si/c1-5-7-13-14-8-6-9-15(10-2,11-3)12-4/h5-9H2,1-4H3. The van der Waals surface area contributed by atoms with Crippen LogP contribution in [0.3, 0.4) is 0 Å². The van der Waals surface area contributed by atoms with Crippen molar-refractivity contribution >= 4 is 30.4 Å². The Bertz CT molecular complexity index is 137. The molecule has 0 aromatic heterocycles. The summed E-state index contributed by atoms with van der Waals surface area (Å²) in [4.78, 5) is 0. The van der Waals surface area contributed by atoms with Crippen LogP contribution in [0.2, 0.25) is 6.04 Å². The molecule has 0 unspecified atom stereocenters. The summed E-state index contributed by atoms with van der Waals surface area (Å²) in [5, 5.41) is 0. The van der Waals surface area contributed by atoms with Gasteiger partial charge in [0.2, 0.25) is 0 Å². The summed E-state index contributed by atoms with van der Waals surface area (Å²) >= 11 is 0.